The van der Waals surface area contributed by atoms with Crippen LogP contribution in [0.3, 0.4) is 0 Å². The lowest BCUT2D eigenvalue weighted by Crippen LogP contribution is -2.38. The van der Waals surface area contributed by atoms with E-state index in [1.54, 1.807) is 0 Å². The maximum absolute atomic E-state index is 12.8. The lowest BCUT2D eigenvalue weighted by molar-refractivity contribution is -0.113. The van der Waals surface area contributed by atoms with Crippen molar-refractivity contribution in [3.05, 3.63) is 106 Å². The van der Waals surface area contributed by atoms with E-state index < -0.39 is 0 Å². The molecule has 3 aromatic carbocycles. The molecule has 196 valence electrons. The molecule has 0 atom stereocenters. The molecule has 0 bridgehead atoms. The van der Waals surface area contributed by atoms with Gasteiger partial charge >= 0.3 is 0 Å². The van der Waals surface area contributed by atoms with Crippen LogP contribution >= 0.6 is 23.4 Å². The molecule has 2 aliphatic rings. The number of ether oxygens (including phenoxy) is 2. The highest BCUT2D eigenvalue weighted by atomic mass is 35.5. The van der Waals surface area contributed by atoms with Gasteiger partial charge in [0.1, 0.15) is 12.4 Å². The molecule has 1 fully saturated rings. The van der Waals surface area contributed by atoms with Gasteiger partial charge in [-0.15, -0.1) is 0 Å². The molecule has 1 aromatic heterocycles. The molecule has 0 saturated carbocycles. The summed E-state index contributed by atoms with van der Waals surface area (Å²) in [6, 6.07) is 25.3. The molecule has 0 spiro atoms. The summed E-state index contributed by atoms with van der Waals surface area (Å²) in [6.45, 7) is 3.19. The molecule has 2 aliphatic heterocycles. The second-order valence-electron chi connectivity index (χ2n) is 9.06. The molecular weight excluding hydrogens is 532 g/mol. The van der Waals surface area contributed by atoms with Crippen molar-refractivity contribution in [2.45, 2.75) is 6.61 Å². The van der Waals surface area contributed by atoms with E-state index in [1.165, 1.54) is 11.8 Å². The van der Waals surface area contributed by atoms with Gasteiger partial charge in [-0.1, -0.05) is 41.9 Å². The number of amides is 1. The first-order chi connectivity index (χ1) is 19.1. The Hall–Kier alpha value is -3.85. The topological polar surface area (TPSA) is 69.0 Å². The predicted molar refractivity (Wildman–Crippen MR) is 155 cm³/mol. The Morgan fingerprint density at radius 2 is 1.72 bits per heavy atom. The number of rotatable bonds is 6. The van der Waals surface area contributed by atoms with E-state index in [9.17, 15) is 4.79 Å². The van der Waals surface area contributed by atoms with Crippen LogP contribution in [0.25, 0.3) is 23.0 Å². The lowest BCUT2D eigenvalue weighted by atomic mass is 10.1. The standard InChI is InChI=1S/C30H25ClN4O3S/c31-24-10-6-21(7-11-24)20-38-26-12-8-22(9-13-26)28-23(19-35(33-28)25-4-2-1-3-5-25)18-27-29(36)32-30(39-27)34-14-16-37-17-15-34/h1-13,18-19H,14-17,20H2. The van der Waals surface area contributed by atoms with Crippen LogP contribution in [0.15, 0.2) is 95.0 Å². The van der Waals surface area contributed by atoms with Gasteiger partial charge in [0.2, 0.25) is 0 Å². The maximum Gasteiger partial charge on any atom is 0.286 e. The number of halogens is 1. The molecular formula is C30H25ClN4O3S. The van der Waals surface area contributed by atoms with Crippen molar-refractivity contribution in [2.24, 2.45) is 4.99 Å². The molecule has 0 unspecified atom stereocenters. The number of benzene rings is 3. The van der Waals surface area contributed by atoms with Crippen LogP contribution in [0.1, 0.15) is 11.1 Å². The number of aliphatic imine (C=N–C) groups is 1. The zero-order valence-electron chi connectivity index (χ0n) is 21.0. The summed E-state index contributed by atoms with van der Waals surface area (Å²) in [7, 11) is 0. The maximum atomic E-state index is 12.8. The van der Waals surface area contributed by atoms with Crippen molar-refractivity contribution >= 4 is 40.5 Å². The normalized spacial score (nSPS) is 16.5. The van der Waals surface area contributed by atoms with Crippen LogP contribution in [-0.4, -0.2) is 52.1 Å². The minimum Gasteiger partial charge on any atom is -0.489 e. The van der Waals surface area contributed by atoms with Gasteiger partial charge in [-0.05, 0) is 71.9 Å². The number of aromatic nitrogens is 2. The molecule has 9 heteroatoms. The molecule has 0 radical (unpaired) electrons. The average Bonchev–Trinajstić information content (AvgIpc) is 3.57. The van der Waals surface area contributed by atoms with E-state index in [4.69, 9.17) is 26.2 Å². The molecule has 3 heterocycles. The van der Waals surface area contributed by atoms with Gasteiger partial charge in [-0.3, -0.25) is 4.79 Å². The highest BCUT2D eigenvalue weighted by Gasteiger charge is 2.28. The average molecular weight is 557 g/mol. The molecule has 4 aromatic rings. The Morgan fingerprint density at radius 3 is 2.46 bits per heavy atom. The fraction of sp³-hybridized carbons (Fsp3) is 0.167. The zero-order chi connectivity index (χ0) is 26.6. The summed E-state index contributed by atoms with van der Waals surface area (Å²) in [5.74, 6) is 0.520. The van der Waals surface area contributed by atoms with Crippen molar-refractivity contribution in [2.75, 3.05) is 26.3 Å². The van der Waals surface area contributed by atoms with Gasteiger partial charge < -0.3 is 14.4 Å². The van der Waals surface area contributed by atoms with Gasteiger partial charge in [-0.25, -0.2) is 4.68 Å². The number of hydrogen-bond acceptors (Lipinski definition) is 6. The molecule has 39 heavy (non-hydrogen) atoms. The minimum atomic E-state index is -0.231. The van der Waals surface area contributed by atoms with Crippen LogP contribution in [0.4, 0.5) is 0 Å². The fourth-order valence-corrected chi connectivity index (χ4v) is 5.40. The third-order valence-electron chi connectivity index (χ3n) is 6.39. The van der Waals surface area contributed by atoms with E-state index in [0.29, 0.717) is 29.7 Å². The molecule has 7 nitrogen and oxygen atoms in total. The first kappa shape index (κ1) is 25.4. The summed E-state index contributed by atoms with van der Waals surface area (Å²) in [5, 5.41) is 6.32. The van der Waals surface area contributed by atoms with Crippen molar-refractivity contribution < 1.29 is 14.3 Å². The monoisotopic (exact) mass is 556 g/mol. The number of nitrogens with zero attached hydrogens (tertiary/aromatic N) is 4. The van der Waals surface area contributed by atoms with Crippen LogP contribution in [0.5, 0.6) is 5.75 Å². The molecule has 6 rings (SSSR count). The van der Waals surface area contributed by atoms with E-state index in [-0.39, 0.29) is 5.91 Å². The van der Waals surface area contributed by atoms with E-state index >= 15 is 0 Å². The van der Waals surface area contributed by atoms with Crippen LogP contribution in [-0.2, 0) is 16.1 Å². The van der Waals surface area contributed by atoms with Crippen molar-refractivity contribution in [1.82, 2.24) is 14.7 Å². The lowest BCUT2D eigenvalue weighted by Gasteiger charge is -2.27. The van der Waals surface area contributed by atoms with Crippen LogP contribution < -0.4 is 4.74 Å². The molecule has 0 aliphatic carbocycles. The van der Waals surface area contributed by atoms with Crippen molar-refractivity contribution in [1.29, 1.82) is 0 Å². The number of thioether (sulfide) groups is 1. The van der Waals surface area contributed by atoms with Gasteiger partial charge in [-0.2, -0.15) is 10.1 Å². The van der Waals surface area contributed by atoms with E-state index in [0.717, 1.165) is 52.1 Å². The summed E-state index contributed by atoms with van der Waals surface area (Å²) < 4.78 is 13.2. The van der Waals surface area contributed by atoms with Gasteiger partial charge in [0.25, 0.3) is 5.91 Å². The third kappa shape index (κ3) is 5.93. The van der Waals surface area contributed by atoms with Gasteiger partial charge in [0.15, 0.2) is 5.17 Å². The molecule has 0 N–H and O–H groups in total. The van der Waals surface area contributed by atoms with Crippen LogP contribution in [0.2, 0.25) is 5.02 Å². The van der Waals surface area contributed by atoms with Crippen LogP contribution in [0, 0.1) is 0 Å². The summed E-state index contributed by atoms with van der Waals surface area (Å²) in [5.41, 5.74) is 4.49. The Kier molecular flexibility index (Phi) is 7.49. The van der Waals surface area contributed by atoms with E-state index in [1.807, 2.05) is 95.8 Å². The first-order valence-corrected chi connectivity index (χ1v) is 13.8. The first-order valence-electron chi connectivity index (χ1n) is 12.6. The molecule has 1 saturated heterocycles. The predicted octanol–water partition coefficient (Wildman–Crippen LogP) is 6.07. The van der Waals surface area contributed by atoms with Gasteiger partial charge in [0.05, 0.1) is 29.5 Å². The third-order valence-corrected chi connectivity index (χ3v) is 7.68. The zero-order valence-corrected chi connectivity index (χ0v) is 22.6. The number of amidine groups is 1. The number of carbonyl (C=O) groups is 1. The Balaban J connectivity index is 1.26. The Bertz CT molecular complexity index is 1530. The number of carbonyl (C=O) groups excluding carboxylic acids is 1. The fourth-order valence-electron chi connectivity index (χ4n) is 4.32. The quantitative estimate of drug-likeness (QED) is 0.268. The highest BCUT2D eigenvalue weighted by Crippen LogP contribution is 2.34. The van der Waals surface area contributed by atoms with Crippen molar-refractivity contribution in [3.63, 3.8) is 0 Å². The Labute approximate surface area is 235 Å². The summed E-state index contributed by atoms with van der Waals surface area (Å²) in [6.07, 6.45) is 3.83. The Morgan fingerprint density at radius 1 is 0.974 bits per heavy atom. The van der Waals surface area contributed by atoms with E-state index in [2.05, 4.69) is 9.89 Å². The number of hydrogen-bond donors (Lipinski definition) is 0. The summed E-state index contributed by atoms with van der Waals surface area (Å²) >= 11 is 7.38. The SMILES string of the molecule is O=C1N=C(N2CCOCC2)SC1=Cc1cn(-c2ccccc2)nc1-c1ccc(OCc2ccc(Cl)cc2)cc1. The number of para-hydroxylation sites is 1. The molecule has 1 amide bonds. The minimum absolute atomic E-state index is 0.231. The van der Waals surface area contributed by atoms with Gasteiger partial charge in [0, 0.05) is 35.4 Å². The summed E-state index contributed by atoms with van der Waals surface area (Å²) in [4.78, 5) is 19.8. The second kappa shape index (κ2) is 11.5. The second-order valence-corrected chi connectivity index (χ2v) is 10.5. The van der Waals surface area contributed by atoms with Crippen molar-refractivity contribution in [3.8, 4) is 22.7 Å². The highest BCUT2D eigenvalue weighted by molar-refractivity contribution is 8.18. The smallest absolute Gasteiger partial charge is 0.286 e. The largest absolute Gasteiger partial charge is 0.489 e. The number of morpholine rings is 1.